The largest absolute Gasteiger partial charge is 0.397 e. The average Bonchev–Trinajstić information content (AvgIpc) is 2.19. The second-order valence-corrected chi connectivity index (χ2v) is 3.72. The van der Waals surface area contributed by atoms with Crippen molar-refractivity contribution >= 4 is 23.2 Å². The molecular formula is C11H10F4N2O2. The van der Waals surface area contributed by atoms with E-state index in [1.807, 2.05) is 5.32 Å². The minimum Gasteiger partial charge on any atom is -0.326 e. The molecule has 0 aliphatic heterocycles. The number of alkyl halides is 3. The van der Waals surface area contributed by atoms with Crippen molar-refractivity contribution in [3.63, 3.8) is 0 Å². The highest BCUT2D eigenvalue weighted by Gasteiger charge is 2.31. The van der Waals surface area contributed by atoms with E-state index in [1.54, 1.807) is 0 Å². The van der Waals surface area contributed by atoms with E-state index in [0.29, 0.717) is 0 Å². The molecule has 1 aromatic carbocycles. The van der Waals surface area contributed by atoms with Crippen molar-refractivity contribution in [1.82, 2.24) is 0 Å². The first-order valence-corrected chi connectivity index (χ1v) is 5.11. The maximum absolute atomic E-state index is 13.2. The minimum absolute atomic E-state index is 0.0422. The zero-order chi connectivity index (χ0) is 14.6. The molecule has 1 rings (SSSR count). The van der Waals surface area contributed by atoms with Crippen LogP contribution in [0.15, 0.2) is 18.2 Å². The van der Waals surface area contributed by atoms with E-state index in [2.05, 4.69) is 5.32 Å². The molecule has 0 aliphatic rings. The molecule has 0 aliphatic carbocycles. The first kappa shape index (κ1) is 14.9. The van der Waals surface area contributed by atoms with Gasteiger partial charge in [-0.25, -0.2) is 4.39 Å². The Morgan fingerprint density at radius 1 is 1.21 bits per heavy atom. The summed E-state index contributed by atoms with van der Waals surface area (Å²) in [6, 6.07) is 3.05. The second kappa shape index (κ2) is 5.68. The first-order valence-electron chi connectivity index (χ1n) is 5.11. The highest BCUT2D eigenvalue weighted by molar-refractivity contribution is 5.93. The minimum atomic E-state index is -4.62. The number of amides is 2. The fraction of sp³-hybridized carbons (Fsp3) is 0.273. The van der Waals surface area contributed by atoms with Crippen LogP contribution in [0.2, 0.25) is 0 Å². The molecule has 0 saturated heterocycles. The monoisotopic (exact) mass is 278 g/mol. The number of carbonyl (C=O) groups is 2. The lowest BCUT2D eigenvalue weighted by atomic mass is 10.2. The van der Waals surface area contributed by atoms with Crippen molar-refractivity contribution in [3.05, 3.63) is 24.0 Å². The van der Waals surface area contributed by atoms with Gasteiger partial charge in [0, 0.05) is 12.6 Å². The predicted molar refractivity (Wildman–Crippen MR) is 60.0 cm³/mol. The number of rotatable bonds is 3. The Labute approximate surface area is 105 Å². The summed E-state index contributed by atoms with van der Waals surface area (Å²) in [5, 5.41) is 4.11. The first-order chi connectivity index (χ1) is 8.67. The Hall–Kier alpha value is -2.12. The molecule has 4 nitrogen and oxygen atoms in total. The molecule has 2 N–H and O–H groups in total. The molecule has 0 unspecified atom stereocenters. The molecule has 19 heavy (non-hydrogen) atoms. The van der Waals surface area contributed by atoms with Gasteiger partial charge < -0.3 is 10.6 Å². The quantitative estimate of drug-likeness (QED) is 0.835. The Morgan fingerprint density at radius 2 is 1.84 bits per heavy atom. The Kier molecular flexibility index (Phi) is 4.47. The number of anilines is 2. The number of hydrogen-bond donors (Lipinski definition) is 2. The number of benzene rings is 1. The lowest BCUT2D eigenvalue weighted by molar-refractivity contribution is -0.150. The molecule has 0 saturated carbocycles. The normalized spacial score (nSPS) is 11.0. The van der Waals surface area contributed by atoms with Crippen molar-refractivity contribution in [1.29, 1.82) is 0 Å². The molecule has 0 radical (unpaired) electrons. The van der Waals surface area contributed by atoms with Crippen molar-refractivity contribution < 1.29 is 27.2 Å². The smallest absolute Gasteiger partial charge is 0.326 e. The van der Waals surface area contributed by atoms with Crippen LogP contribution in [-0.2, 0) is 9.59 Å². The van der Waals surface area contributed by atoms with E-state index in [9.17, 15) is 27.2 Å². The standard InChI is InChI=1S/C11H10F4N2O2/c1-6(18)16-9-4-7(2-3-8(9)12)17-10(19)5-11(13,14)15/h2-4H,5H2,1H3,(H,16,18)(H,17,19). The average molecular weight is 278 g/mol. The molecule has 1 aromatic rings. The van der Waals surface area contributed by atoms with Gasteiger partial charge in [0.15, 0.2) is 0 Å². The Bertz CT molecular complexity index is 500. The van der Waals surface area contributed by atoms with Gasteiger partial charge in [-0.3, -0.25) is 9.59 Å². The van der Waals surface area contributed by atoms with Gasteiger partial charge in [0.1, 0.15) is 12.2 Å². The van der Waals surface area contributed by atoms with Gasteiger partial charge in [0.05, 0.1) is 5.69 Å². The second-order valence-electron chi connectivity index (χ2n) is 3.72. The lowest BCUT2D eigenvalue weighted by Gasteiger charge is -2.10. The van der Waals surface area contributed by atoms with Crippen LogP contribution < -0.4 is 10.6 Å². The lowest BCUT2D eigenvalue weighted by Crippen LogP contribution is -2.21. The van der Waals surface area contributed by atoms with Crippen LogP contribution in [0, 0.1) is 5.82 Å². The third-order valence-electron chi connectivity index (χ3n) is 1.92. The van der Waals surface area contributed by atoms with Crippen molar-refractivity contribution in [2.75, 3.05) is 10.6 Å². The fourth-order valence-electron chi connectivity index (χ4n) is 1.28. The predicted octanol–water partition coefficient (Wildman–Crippen LogP) is 2.68. The summed E-state index contributed by atoms with van der Waals surface area (Å²) in [4.78, 5) is 21.8. The number of halogens is 4. The third-order valence-corrected chi connectivity index (χ3v) is 1.92. The van der Waals surface area contributed by atoms with Gasteiger partial charge in [-0.05, 0) is 18.2 Å². The van der Waals surface area contributed by atoms with E-state index < -0.39 is 30.2 Å². The third kappa shape index (κ3) is 5.36. The van der Waals surface area contributed by atoms with E-state index >= 15 is 0 Å². The Balaban J connectivity index is 2.79. The highest BCUT2D eigenvalue weighted by atomic mass is 19.4. The summed E-state index contributed by atoms with van der Waals surface area (Å²) >= 11 is 0. The van der Waals surface area contributed by atoms with E-state index in [1.165, 1.54) is 0 Å². The molecule has 0 aromatic heterocycles. The summed E-state index contributed by atoms with van der Waals surface area (Å²) in [5.74, 6) is -2.57. The van der Waals surface area contributed by atoms with Gasteiger partial charge >= 0.3 is 6.18 Å². The van der Waals surface area contributed by atoms with Crippen LogP contribution in [0.3, 0.4) is 0 Å². The van der Waals surface area contributed by atoms with E-state index in [4.69, 9.17) is 0 Å². The summed E-state index contributed by atoms with van der Waals surface area (Å²) < 4.78 is 49.1. The van der Waals surface area contributed by atoms with Crippen LogP contribution in [0.4, 0.5) is 28.9 Å². The SMILES string of the molecule is CC(=O)Nc1cc(NC(=O)CC(F)(F)F)ccc1F. The van der Waals surface area contributed by atoms with Crippen LogP contribution in [-0.4, -0.2) is 18.0 Å². The van der Waals surface area contributed by atoms with Crippen LogP contribution in [0.1, 0.15) is 13.3 Å². The molecule has 8 heteroatoms. The van der Waals surface area contributed by atoms with E-state index in [-0.39, 0.29) is 11.4 Å². The zero-order valence-corrected chi connectivity index (χ0v) is 9.77. The van der Waals surface area contributed by atoms with Crippen LogP contribution >= 0.6 is 0 Å². The molecule has 0 heterocycles. The van der Waals surface area contributed by atoms with Crippen LogP contribution in [0.25, 0.3) is 0 Å². The molecule has 0 spiro atoms. The molecule has 0 fully saturated rings. The summed E-state index contributed by atoms with van der Waals surface area (Å²) in [6.07, 6.45) is -6.26. The van der Waals surface area contributed by atoms with Crippen molar-refractivity contribution in [2.24, 2.45) is 0 Å². The van der Waals surface area contributed by atoms with Gasteiger partial charge in [-0.1, -0.05) is 0 Å². The fourth-order valence-corrected chi connectivity index (χ4v) is 1.28. The summed E-state index contributed by atoms with van der Waals surface area (Å²) in [6.45, 7) is 1.15. The number of nitrogens with one attached hydrogen (secondary N) is 2. The van der Waals surface area contributed by atoms with Gasteiger partial charge in [-0.15, -0.1) is 0 Å². The zero-order valence-electron chi connectivity index (χ0n) is 9.77. The summed E-state index contributed by atoms with van der Waals surface area (Å²) in [7, 11) is 0. The maximum Gasteiger partial charge on any atom is 0.397 e. The number of carbonyl (C=O) groups excluding carboxylic acids is 2. The number of hydrogen-bond acceptors (Lipinski definition) is 2. The topological polar surface area (TPSA) is 58.2 Å². The molecule has 104 valence electrons. The summed E-state index contributed by atoms with van der Waals surface area (Å²) in [5.41, 5.74) is -0.267. The Morgan fingerprint density at radius 3 is 2.37 bits per heavy atom. The molecule has 0 atom stereocenters. The molecule has 0 bridgehead atoms. The van der Waals surface area contributed by atoms with Crippen LogP contribution in [0.5, 0.6) is 0 Å². The van der Waals surface area contributed by atoms with E-state index in [0.717, 1.165) is 25.1 Å². The molecular weight excluding hydrogens is 268 g/mol. The maximum atomic E-state index is 13.2. The van der Waals surface area contributed by atoms with Gasteiger partial charge in [0.2, 0.25) is 11.8 Å². The van der Waals surface area contributed by atoms with Gasteiger partial charge in [0.25, 0.3) is 0 Å². The van der Waals surface area contributed by atoms with Gasteiger partial charge in [-0.2, -0.15) is 13.2 Å². The molecule has 2 amide bonds. The van der Waals surface area contributed by atoms with Crippen molar-refractivity contribution in [2.45, 2.75) is 19.5 Å². The van der Waals surface area contributed by atoms with Crippen molar-refractivity contribution in [3.8, 4) is 0 Å². The highest BCUT2D eigenvalue weighted by Crippen LogP contribution is 2.22.